The van der Waals surface area contributed by atoms with Crippen molar-refractivity contribution in [3.05, 3.63) is 39.7 Å². The molecule has 2 rings (SSSR count). The number of nitro benzene ring substituents is 1. The Labute approximate surface area is 128 Å². The summed E-state index contributed by atoms with van der Waals surface area (Å²) in [5.41, 5.74) is 0.192. The number of hydrogen-bond donors (Lipinski definition) is 1. The highest BCUT2D eigenvalue weighted by Crippen LogP contribution is 2.26. The minimum Gasteiger partial charge on any atom is -0.324 e. The monoisotopic (exact) mass is 327 g/mol. The molecule has 0 aliphatic rings. The molecule has 1 aromatic heterocycles. The van der Waals surface area contributed by atoms with Gasteiger partial charge in [0.1, 0.15) is 6.33 Å². The zero-order valence-electron chi connectivity index (χ0n) is 10.8. The van der Waals surface area contributed by atoms with Crippen molar-refractivity contribution in [2.75, 3.05) is 11.1 Å². The van der Waals surface area contributed by atoms with Gasteiger partial charge in [0.05, 0.1) is 21.4 Å². The number of amides is 1. The molecular formula is C11H10ClN5O3S. The van der Waals surface area contributed by atoms with Gasteiger partial charge in [0, 0.05) is 19.2 Å². The van der Waals surface area contributed by atoms with E-state index in [2.05, 4.69) is 15.5 Å². The first kappa shape index (κ1) is 15.3. The van der Waals surface area contributed by atoms with Crippen LogP contribution in [0.4, 0.5) is 11.4 Å². The van der Waals surface area contributed by atoms with Crippen molar-refractivity contribution >= 4 is 40.6 Å². The third-order valence-corrected chi connectivity index (χ3v) is 3.79. The number of carbonyl (C=O) groups is 1. The predicted molar refractivity (Wildman–Crippen MR) is 78.5 cm³/mol. The van der Waals surface area contributed by atoms with E-state index >= 15 is 0 Å². The normalized spacial score (nSPS) is 10.4. The first-order valence-corrected chi connectivity index (χ1v) is 7.04. The van der Waals surface area contributed by atoms with E-state index < -0.39 is 4.92 Å². The third kappa shape index (κ3) is 3.92. The summed E-state index contributed by atoms with van der Waals surface area (Å²) in [6.07, 6.45) is 1.54. The van der Waals surface area contributed by atoms with Gasteiger partial charge in [-0.25, -0.2) is 0 Å². The van der Waals surface area contributed by atoms with E-state index in [1.54, 1.807) is 11.6 Å². The first-order valence-electron chi connectivity index (χ1n) is 5.68. The van der Waals surface area contributed by atoms with E-state index in [1.807, 2.05) is 0 Å². The van der Waals surface area contributed by atoms with Gasteiger partial charge in [-0.15, -0.1) is 10.2 Å². The minimum absolute atomic E-state index is 0.112. The maximum atomic E-state index is 11.8. The number of aryl methyl sites for hydroxylation is 1. The van der Waals surface area contributed by atoms with Gasteiger partial charge in [-0.05, 0) is 6.07 Å². The second-order valence-electron chi connectivity index (χ2n) is 3.98. The summed E-state index contributed by atoms with van der Waals surface area (Å²) in [6.45, 7) is 0. The number of thioether (sulfide) groups is 1. The fourth-order valence-electron chi connectivity index (χ4n) is 1.44. The summed E-state index contributed by atoms with van der Waals surface area (Å²) in [7, 11) is 1.77. The van der Waals surface area contributed by atoms with Crippen LogP contribution in [0.25, 0.3) is 0 Å². The van der Waals surface area contributed by atoms with E-state index in [9.17, 15) is 14.9 Å². The smallest absolute Gasteiger partial charge is 0.271 e. The molecule has 2 aromatic rings. The first-order chi connectivity index (χ1) is 9.97. The van der Waals surface area contributed by atoms with Crippen LogP contribution in [0.15, 0.2) is 29.7 Å². The van der Waals surface area contributed by atoms with Crippen LogP contribution in [0.5, 0.6) is 0 Å². The average molecular weight is 328 g/mol. The molecule has 1 amide bonds. The van der Waals surface area contributed by atoms with Crippen molar-refractivity contribution < 1.29 is 9.72 Å². The largest absolute Gasteiger partial charge is 0.324 e. The van der Waals surface area contributed by atoms with Crippen molar-refractivity contribution in [1.82, 2.24) is 14.8 Å². The highest BCUT2D eigenvalue weighted by molar-refractivity contribution is 7.99. The van der Waals surface area contributed by atoms with Crippen LogP contribution < -0.4 is 5.32 Å². The fourth-order valence-corrected chi connectivity index (χ4v) is 2.35. The maximum absolute atomic E-state index is 11.8. The molecule has 10 heteroatoms. The molecule has 1 N–H and O–H groups in total. The quantitative estimate of drug-likeness (QED) is 0.512. The standard InChI is InChI=1S/C11H10ClN5O3S/c1-16-6-13-15-11(16)21-5-10(18)14-9-3-2-7(17(19)20)4-8(9)12/h2-4,6H,5H2,1H3,(H,14,18). The van der Waals surface area contributed by atoms with Gasteiger partial charge in [-0.2, -0.15) is 0 Å². The van der Waals surface area contributed by atoms with Crippen molar-refractivity contribution in [2.24, 2.45) is 7.05 Å². The molecule has 8 nitrogen and oxygen atoms in total. The Morgan fingerprint density at radius 3 is 2.90 bits per heavy atom. The number of nitro groups is 1. The molecule has 0 saturated carbocycles. The van der Waals surface area contributed by atoms with Crippen LogP contribution >= 0.6 is 23.4 Å². The lowest BCUT2D eigenvalue weighted by Gasteiger charge is -2.06. The number of non-ortho nitro benzene ring substituents is 1. The summed E-state index contributed by atoms with van der Waals surface area (Å²) < 4.78 is 1.69. The molecule has 0 unspecified atom stereocenters. The van der Waals surface area contributed by atoms with Gasteiger partial charge < -0.3 is 9.88 Å². The lowest BCUT2D eigenvalue weighted by Crippen LogP contribution is -2.14. The zero-order valence-corrected chi connectivity index (χ0v) is 12.4. The Kier molecular flexibility index (Phi) is 4.76. The topological polar surface area (TPSA) is 103 Å². The van der Waals surface area contributed by atoms with Gasteiger partial charge in [0.2, 0.25) is 5.91 Å². The number of aromatic nitrogens is 3. The molecule has 0 aliphatic heterocycles. The Balaban J connectivity index is 1.96. The Bertz CT molecular complexity index is 690. The van der Waals surface area contributed by atoms with Crippen LogP contribution in [-0.2, 0) is 11.8 Å². The predicted octanol–water partition coefficient (Wildman–Crippen LogP) is 2.11. The molecule has 0 aliphatic carbocycles. The average Bonchev–Trinajstić information content (AvgIpc) is 2.84. The van der Waals surface area contributed by atoms with Gasteiger partial charge in [0.25, 0.3) is 5.69 Å². The molecule has 21 heavy (non-hydrogen) atoms. The summed E-state index contributed by atoms with van der Waals surface area (Å²) in [5, 5.41) is 21.4. The summed E-state index contributed by atoms with van der Waals surface area (Å²) in [5.74, 6) is -0.168. The van der Waals surface area contributed by atoms with Crippen LogP contribution in [0.2, 0.25) is 5.02 Å². The van der Waals surface area contributed by atoms with Crippen molar-refractivity contribution in [3.8, 4) is 0 Å². The maximum Gasteiger partial charge on any atom is 0.271 e. The van der Waals surface area contributed by atoms with E-state index in [0.29, 0.717) is 10.8 Å². The fraction of sp³-hybridized carbons (Fsp3) is 0.182. The molecule has 0 bridgehead atoms. The van der Waals surface area contributed by atoms with E-state index in [1.165, 1.54) is 36.3 Å². The molecule has 1 heterocycles. The Morgan fingerprint density at radius 2 is 2.33 bits per heavy atom. The lowest BCUT2D eigenvalue weighted by atomic mass is 10.3. The number of benzene rings is 1. The third-order valence-electron chi connectivity index (χ3n) is 2.44. The molecule has 110 valence electrons. The number of anilines is 1. The van der Waals surface area contributed by atoms with Crippen LogP contribution in [0, 0.1) is 10.1 Å². The van der Waals surface area contributed by atoms with E-state index in [0.717, 1.165) is 0 Å². The number of rotatable bonds is 5. The second-order valence-corrected chi connectivity index (χ2v) is 5.33. The Morgan fingerprint density at radius 1 is 1.57 bits per heavy atom. The second kappa shape index (κ2) is 6.55. The highest BCUT2D eigenvalue weighted by atomic mass is 35.5. The molecule has 0 atom stereocenters. The van der Waals surface area contributed by atoms with Gasteiger partial charge in [-0.1, -0.05) is 23.4 Å². The summed E-state index contributed by atoms with van der Waals surface area (Å²) in [4.78, 5) is 21.8. The van der Waals surface area contributed by atoms with Crippen LogP contribution in [0.3, 0.4) is 0 Å². The molecule has 0 radical (unpaired) electrons. The minimum atomic E-state index is -0.554. The summed E-state index contributed by atoms with van der Waals surface area (Å²) in [6, 6.07) is 3.86. The molecule has 0 saturated heterocycles. The van der Waals surface area contributed by atoms with Crippen LogP contribution in [-0.4, -0.2) is 31.3 Å². The number of nitrogens with one attached hydrogen (secondary N) is 1. The molecule has 0 spiro atoms. The number of nitrogens with zero attached hydrogens (tertiary/aromatic N) is 4. The zero-order chi connectivity index (χ0) is 15.4. The van der Waals surface area contributed by atoms with Crippen molar-refractivity contribution in [2.45, 2.75) is 5.16 Å². The lowest BCUT2D eigenvalue weighted by molar-refractivity contribution is -0.384. The van der Waals surface area contributed by atoms with E-state index in [4.69, 9.17) is 11.6 Å². The van der Waals surface area contributed by atoms with Crippen LogP contribution in [0.1, 0.15) is 0 Å². The van der Waals surface area contributed by atoms with Gasteiger partial charge >= 0.3 is 0 Å². The Hall–Kier alpha value is -2.13. The summed E-state index contributed by atoms with van der Waals surface area (Å²) >= 11 is 7.11. The molecular weight excluding hydrogens is 318 g/mol. The molecule has 1 aromatic carbocycles. The molecule has 0 fully saturated rings. The highest BCUT2D eigenvalue weighted by Gasteiger charge is 2.12. The number of hydrogen-bond acceptors (Lipinski definition) is 6. The van der Waals surface area contributed by atoms with Crippen molar-refractivity contribution in [1.29, 1.82) is 0 Å². The number of carbonyl (C=O) groups excluding carboxylic acids is 1. The number of halogens is 1. The van der Waals surface area contributed by atoms with E-state index in [-0.39, 0.29) is 22.4 Å². The SMILES string of the molecule is Cn1cnnc1SCC(=O)Nc1ccc([N+](=O)[O-])cc1Cl. The van der Waals surface area contributed by atoms with Crippen molar-refractivity contribution in [3.63, 3.8) is 0 Å². The van der Waals surface area contributed by atoms with Gasteiger partial charge in [-0.3, -0.25) is 14.9 Å². The van der Waals surface area contributed by atoms with Gasteiger partial charge in [0.15, 0.2) is 5.16 Å².